The van der Waals surface area contributed by atoms with E-state index >= 15 is 4.39 Å². The fraction of sp³-hybridized carbons (Fsp3) is 0.536. The topological polar surface area (TPSA) is 80.5 Å². The van der Waals surface area contributed by atoms with E-state index in [2.05, 4.69) is 19.4 Å². The van der Waals surface area contributed by atoms with Crippen LogP contribution >= 0.6 is 0 Å². The van der Waals surface area contributed by atoms with E-state index in [0.29, 0.717) is 30.1 Å². The van der Waals surface area contributed by atoms with E-state index in [1.54, 1.807) is 19.4 Å². The van der Waals surface area contributed by atoms with Crippen LogP contribution in [0.5, 0.6) is 5.75 Å². The summed E-state index contributed by atoms with van der Waals surface area (Å²) in [5, 5.41) is 10.1. The van der Waals surface area contributed by atoms with Crippen LogP contribution in [0.3, 0.4) is 0 Å². The number of aliphatic carboxylic acids is 1. The first-order valence-corrected chi connectivity index (χ1v) is 12.9. The summed E-state index contributed by atoms with van der Waals surface area (Å²) in [5.74, 6) is 0.530. The standard InChI is InChI=1S/C28H37FN4O3/c1-32-19-30-17-22(32)4-3-14-33-15-12-20(21(18-33)6-10-28(34)35)5-8-26(29)24-11-13-31-27-9-7-23(36-2)16-25(24)27/h7,9,11,13,16-17,19-21,26H,3-6,8,10,12,14-15,18H2,1-2H3,(H,34,35)/t20-,21+,26?/m1/s1. The predicted molar refractivity (Wildman–Crippen MR) is 138 cm³/mol. The van der Waals surface area contributed by atoms with Crippen molar-refractivity contribution in [3.05, 3.63) is 54.2 Å². The number of aryl methyl sites for hydroxylation is 2. The summed E-state index contributed by atoms with van der Waals surface area (Å²) in [6.45, 7) is 2.85. The zero-order valence-corrected chi connectivity index (χ0v) is 21.3. The number of aromatic nitrogens is 3. The van der Waals surface area contributed by atoms with Crippen LogP contribution in [0.15, 0.2) is 43.0 Å². The minimum Gasteiger partial charge on any atom is -0.497 e. The molecule has 4 rings (SSSR count). The predicted octanol–water partition coefficient (Wildman–Crippen LogP) is 5.20. The number of nitrogens with zero attached hydrogens (tertiary/aromatic N) is 4. The SMILES string of the molecule is COc1ccc2nccc(C(F)CC[C@@H]3CCN(CCCc4cncn4C)C[C@@H]3CCC(=O)O)c2c1. The molecule has 1 aliphatic heterocycles. The number of alkyl halides is 1. The first-order chi connectivity index (χ1) is 17.4. The summed E-state index contributed by atoms with van der Waals surface area (Å²) >= 11 is 0. The number of carbonyl (C=O) groups is 1. The van der Waals surface area contributed by atoms with Crippen LogP contribution in [0.2, 0.25) is 0 Å². The molecule has 1 aliphatic rings. The van der Waals surface area contributed by atoms with Gasteiger partial charge >= 0.3 is 5.97 Å². The molecule has 0 spiro atoms. The van der Waals surface area contributed by atoms with Gasteiger partial charge in [0, 0.05) is 43.5 Å². The van der Waals surface area contributed by atoms with Gasteiger partial charge in [-0.15, -0.1) is 0 Å². The van der Waals surface area contributed by atoms with E-state index in [0.717, 1.165) is 56.2 Å². The maximum Gasteiger partial charge on any atom is 0.303 e. The molecule has 1 saturated heterocycles. The molecule has 194 valence electrons. The summed E-state index contributed by atoms with van der Waals surface area (Å²) in [7, 11) is 3.62. The molecule has 1 N–H and O–H groups in total. The Morgan fingerprint density at radius 2 is 2.14 bits per heavy atom. The summed E-state index contributed by atoms with van der Waals surface area (Å²) < 4.78 is 22.9. The Labute approximate surface area is 212 Å². The lowest BCUT2D eigenvalue weighted by molar-refractivity contribution is -0.137. The molecule has 0 aliphatic carbocycles. The number of hydrogen-bond donors (Lipinski definition) is 1. The normalized spacial score (nSPS) is 19.4. The molecule has 3 heterocycles. The molecule has 7 nitrogen and oxygen atoms in total. The van der Waals surface area contributed by atoms with Crippen molar-refractivity contribution in [2.24, 2.45) is 18.9 Å². The van der Waals surface area contributed by atoms with Crippen LogP contribution in [0.4, 0.5) is 4.39 Å². The van der Waals surface area contributed by atoms with Crippen molar-refractivity contribution < 1.29 is 19.0 Å². The van der Waals surface area contributed by atoms with Gasteiger partial charge < -0.3 is 19.3 Å². The van der Waals surface area contributed by atoms with Crippen LogP contribution < -0.4 is 4.74 Å². The minimum absolute atomic E-state index is 0.165. The van der Waals surface area contributed by atoms with Gasteiger partial charge in [0.05, 0.1) is 19.0 Å². The number of halogens is 1. The average molecular weight is 497 g/mol. The lowest BCUT2D eigenvalue weighted by Gasteiger charge is -2.39. The van der Waals surface area contributed by atoms with E-state index < -0.39 is 12.1 Å². The maximum atomic E-state index is 15.5. The Kier molecular flexibility index (Phi) is 8.91. The second-order valence-corrected chi connectivity index (χ2v) is 9.97. The maximum absolute atomic E-state index is 15.5. The fourth-order valence-corrected chi connectivity index (χ4v) is 5.55. The first-order valence-electron chi connectivity index (χ1n) is 12.9. The molecule has 3 atom stereocenters. The number of rotatable bonds is 12. The van der Waals surface area contributed by atoms with Crippen LogP contribution in [-0.4, -0.2) is 57.3 Å². The quantitative estimate of drug-likeness (QED) is 0.371. The fourth-order valence-electron chi connectivity index (χ4n) is 5.55. The van der Waals surface area contributed by atoms with Gasteiger partial charge in [-0.1, -0.05) is 0 Å². The van der Waals surface area contributed by atoms with E-state index in [1.807, 2.05) is 37.8 Å². The number of hydrogen-bond acceptors (Lipinski definition) is 5. The highest BCUT2D eigenvalue weighted by molar-refractivity contribution is 5.83. The Bertz CT molecular complexity index is 1150. The van der Waals surface area contributed by atoms with Crippen molar-refractivity contribution in [2.75, 3.05) is 26.7 Å². The third-order valence-electron chi connectivity index (χ3n) is 7.64. The van der Waals surface area contributed by atoms with Crippen LogP contribution in [-0.2, 0) is 18.3 Å². The largest absolute Gasteiger partial charge is 0.497 e. The number of ether oxygens (including phenoxy) is 1. The molecule has 1 aromatic carbocycles. The molecule has 0 bridgehead atoms. The molecule has 0 saturated carbocycles. The Morgan fingerprint density at radius 1 is 1.28 bits per heavy atom. The number of carboxylic acids is 1. The molecule has 2 aromatic heterocycles. The van der Waals surface area contributed by atoms with Gasteiger partial charge in [0.25, 0.3) is 0 Å². The highest BCUT2D eigenvalue weighted by atomic mass is 19.1. The Hall–Kier alpha value is -3.00. The Balaban J connectivity index is 1.36. The van der Waals surface area contributed by atoms with E-state index in [9.17, 15) is 9.90 Å². The van der Waals surface area contributed by atoms with Crippen LogP contribution in [0.25, 0.3) is 10.9 Å². The average Bonchev–Trinajstić information content (AvgIpc) is 3.30. The molecule has 1 fully saturated rings. The summed E-state index contributed by atoms with van der Waals surface area (Å²) in [6.07, 6.45) is 9.29. The lowest BCUT2D eigenvalue weighted by Crippen LogP contribution is -2.41. The van der Waals surface area contributed by atoms with Gasteiger partial charge in [-0.05, 0) is 93.3 Å². The van der Waals surface area contributed by atoms with E-state index in [4.69, 9.17) is 4.74 Å². The van der Waals surface area contributed by atoms with E-state index in [1.165, 1.54) is 5.69 Å². The van der Waals surface area contributed by atoms with Crippen molar-refractivity contribution in [2.45, 2.75) is 51.1 Å². The van der Waals surface area contributed by atoms with Crippen molar-refractivity contribution >= 4 is 16.9 Å². The number of pyridine rings is 1. The second-order valence-electron chi connectivity index (χ2n) is 9.97. The molecule has 0 radical (unpaired) electrons. The number of benzene rings is 1. The summed E-state index contributed by atoms with van der Waals surface area (Å²) in [4.78, 5) is 22.3. The van der Waals surface area contributed by atoms with Gasteiger partial charge in [-0.25, -0.2) is 9.37 Å². The van der Waals surface area contributed by atoms with Crippen LogP contribution in [0, 0.1) is 11.8 Å². The van der Waals surface area contributed by atoms with Gasteiger partial charge in [0.2, 0.25) is 0 Å². The van der Waals surface area contributed by atoms with Crippen molar-refractivity contribution in [1.29, 1.82) is 0 Å². The zero-order valence-electron chi connectivity index (χ0n) is 21.3. The van der Waals surface area contributed by atoms with Crippen LogP contribution in [0.1, 0.15) is 56.0 Å². The van der Waals surface area contributed by atoms with Crippen molar-refractivity contribution in [1.82, 2.24) is 19.4 Å². The van der Waals surface area contributed by atoms with Gasteiger partial charge in [0.15, 0.2) is 0 Å². The minimum atomic E-state index is -1.10. The third kappa shape index (κ3) is 6.60. The molecule has 36 heavy (non-hydrogen) atoms. The number of piperidine rings is 1. The van der Waals surface area contributed by atoms with Gasteiger partial charge in [-0.2, -0.15) is 0 Å². The Morgan fingerprint density at radius 3 is 2.89 bits per heavy atom. The number of imidazole rings is 1. The number of carboxylic acid groups (broad SMARTS) is 1. The molecule has 1 unspecified atom stereocenters. The number of methoxy groups -OCH3 is 1. The van der Waals surface area contributed by atoms with Crippen molar-refractivity contribution in [3.63, 3.8) is 0 Å². The van der Waals surface area contributed by atoms with Gasteiger partial charge in [-0.3, -0.25) is 9.78 Å². The molecular formula is C28H37FN4O3. The molecular weight excluding hydrogens is 459 g/mol. The molecule has 8 heteroatoms. The highest BCUT2D eigenvalue weighted by Crippen LogP contribution is 2.36. The highest BCUT2D eigenvalue weighted by Gasteiger charge is 2.30. The molecule has 0 amide bonds. The molecule has 3 aromatic rings. The lowest BCUT2D eigenvalue weighted by atomic mass is 9.79. The summed E-state index contributed by atoms with van der Waals surface area (Å²) in [5.41, 5.74) is 2.63. The second kappa shape index (κ2) is 12.3. The van der Waals surface area contributed by atoms with Crippen molar-refractivity contribution in [3.8, 4) is 5.75 Å². The smallest absolute Gasteiger partial charge is 0.303 e. The monoisotopic (exact) mass is 496 g/mol. The third-order valence-corrected chi connectivity index (χ3v) is 7.64. The number of fused-ring (bicyclic) bond motifs is 1. The summed E-state index contributed by atoms with van der Waals surface area (Å²) in [6, 6.07) is 7.31. The van der Waals surface area contributed by atoms with E-state index in [-0.39, 0.29) is 12.3 Å². The van der Waals surface area contributed by atoms with Gasteiger partial charge in [0.1, 0.15) is 11.9 Å². The first kappa shape index (κ1) is 26.1. The zero-order chi connectivity index (χ0) is 25.5. The number of likely N-dealkylation sites (tertiary alicyclic amines) is 1.